The number of rotatable bonds is 5. The van der Waals surface area contributed by atoms with E-state index in [1.165, 1.54) is 0 Å². The zero-order valence-corrected chi connectivity index (χ0v) is 11.0. The maximum absolute atomic E-state index is 12.3. The van der Waals surface area contributed by atoms with Crippen LogP contribution in [-0.4, -0.2) is 24.2 Å². The Labute approximate surface area is 112 Å². The molecule has 0 aliphatic heterocycles. The van der Waals surface area contributed by atoms with Crippen molar-refractivity contribution in [3.8, 4) is 0 Å². The number of carbonyl (C=O) groups is 1. The van der Waals surface area contributed by atoms with Gasteiger partial charge in [0.25, 0.3) is 0 Å². The van der Waals surface area contributed by atoms with Crippen LogP contribution in [0.15, 0.2) is 24.3 Å². The van der Waals surface area contributed by atoms with E-state index in [9.17, 15) is 4.79 Å². The van der Waals surface area contributed by atoms with Crippen molar-refractivity contribution < 1.29 is 9.90 Å². The SMILES string of the molecule is O=C(NCCCO)C1(c2ccc(Cl)cc2)CCC1. The van der Waals surface area contributed by atoms with Crippen molar-refractivity contribution in [2.45, 2.75) is 31.1 Å². The van der Waals surface area contributed by atoms with Crippen LogP contribution in [0.2, 0.25) is 5.02 Å². The van der Waals surface area contributed by atoms with Crippen LogP contribution in [0.5, 0.6) is 0 Å². The highest BCUT2D eigenvalue weighted by Gasteiger charge is 2.45. The molecule has 0 saturated heterocycles. The van der Waals surface area contributed by atoms with Crippen LogP contribution in [0.1, 0.15) is 31.2 Å². The number of halogens is 1. The van der Waals surface area contributed by atoms with Crippen molar-refractivity contribution in [1.29, 1.82) is 0 Å². The minimum Gasteiger partial charge on any atom is -0.396 e. The quantitative estimate of drug-likeness (QED) is 0.804. The number of aliphatic hydroxyl groups excluding tert-OH is 1. The van der Waals surface area contributed by atoms with E-state index in [0.717, 1.165) is 24.8 Å². The molecule has 0 atom stereocenters. The molecule has 0 bridgehead atoms. The van der Waals surface area contributed by atoms with Gasteiger partial charge < -0.3 is 10.4 Å². The average Bonchev–Trinajstić information content (AvgIpc) is 2.30. The lowest BCUT2D eigenvalue weighted by atomic mass is 9.64. The molecule has 0 radical (unpaired) electrons. The lowest BCUT2D eigenvalue weighted by Gasteiger charge is -2.40. The Morgan fingerprint density at radius 3 is 2.50 bits per heavy atom. The third-order valence-electron chi connectivity index (χ3n) is 3.66. The first-order valence-electron chi connectivity index (χ1n) is 6.34. The van der Waals surface area contributed by atoms with Gasteiger partial charge in [0.15, 0.2) is 0 Å². The fourth-order valence-corrected chi connectivity index (χ4v) is 2.52. The maximum Gasteiger partial charge on any atom is 0.230 e. The first-order chi connectivity index (χ1) is 8.69. The molecule has 3 nitrogen and oxygen atoms in total. The molecule has 1 aliphatic rings. The Morgan fingerprint density at radius 1 is 1.33 bits per heavy atom. The Bertz CT molecular complexity index is 412. The highest BCUT2D eigenvalue weighted by atomic mass is 35.5. The molecule has 4 heteroatoms. The second kappa shape index (κ2) is 5.72. The summed E-state index contributed by atoms with van der Waals surface area (Å²) in [6.45, 7) is 0.638. The summed E-state index contributed by atoms with van der Waals surface area (Å²) in [5.41, 5.74) is 0.666. The summed E-state index contributed by atoms with van der Waals surface area (Å²) in [7, 11) is 0. The molecule has 0 unspecified atom stereocenters. The minimum absolute atomic E-state index is 0.0736. The Hall–Kier alpha value is -1.06. The van der Waals surface area contributed by atoms with E-state index in [1.807, 2.05) is 24.3 Å². The van der Waals surface area contributed by atoms with Crippen LogP contribution in [0, 0.1) is 0 Å². The van der Waals surface area contributed by atoms with Gasteiger partial charge in [-0.1, -0.05) is 30.2 Å². The first-order valence-corrected chi connectivity index (χ1v) is 6.72. The molecule has 1 aromatic rings. The van der Waals surface area contributed by atoms with E-state index < -0.39 is 0 Å². The van der Waals surface area contributed by atoms with Gasteiger partial charge in [0, 0.05) is 18.2 Å². The standard InChI is InChI=1S/C14H18ClNO2/c15-12-5-3-11(4-6-12)14(7-1-8-14)13(18)16-9-2-10-17/h3-6,17H,1-2,7-10H2,(H,16,18). The van der Waals surface area contributed by atoms with E-state index >= 15 is 0 Å². The molecule has 18 heavy (non-hydrogen) atoms. The minimum atomic E-state index is -0.375. The zero-order valence-electron chi connectivity index (χ0n) is 10.3. The summed E-state index contributed by atoms with van der Waals surface area (Å²) in [6, 6.07) is 7.54. The molecular weight excluding hydrogens is 250 g/mol. The Morgan fingerprint density at radius 2 is 2.00 bits per heavy atom. The van der Waals surface area contributed by atoms with Crippen LogP contribution in [0.4, 0.5) is 0 Å². The molecule has 1 fully saturated rings. The van der Waals surface area contributed by atoms with Gasteiger partial charge in [0.05, 0.1) is 5.41 Å². The molecule has 1 saturated carbocycles. The number of carbonyl (C=O) groups excluding carboxylic acids is 1. The molecule has 0 heterocycles. The number of benzene rings is 1. The zero-order chi connectivity index (χ0) is 13.0. The molecule has 1 aromatic carbocycles. The smallest absolute Gasteiger partial charge is 0.230 e. The molecule has 2 N–H and O–H groups in total. The molecule has 0 spiro atoms. The van der Waals surface area contributed by atoms with E-state index in [0.29, 0.717) is 18.0 Å². The Balaban J connectivity index is 2.10. The molecule has 0 aromatic heterocycles. The number of amides is 1. The fourth-order valence-electron chi connectivity index (χ4n) is 2.40. The molecular formula is C14H18ClNO2. The average molecular weight is 268 g/mol. The fraction of sp³-hybridized carbons (Fsp3) is 0.500. The van der Waals surface area contributed by atoms with Crippen LogP contribution in [0.3, 0.4) is 0 Å². The highest BCUT2D eigenvalue weighted by molar-refractivity contribution is 6.30. The van der Waals surface area contributed by atoms with Crippen LogP contribution < -0.4 is 5.32 Å². The summed E-state index contributed by atoms with van der Waals surface area (Å²) in [4.78, 5) is 12.3. The normalized spacial score (nSPS) is 17.0. The summed E-state index contributed by atoms with van der Waals surface area (Å²) >= 11 is 5.88. The van der Waals surface area contributed by atoms with Gasteiger partial charge in [-0.25, -0.2) is 0 Å². The summed E-state index contributed by atoms with van der Waals surface area (Å²) in [5.74, 6) is 0.0736. The third-order valence-corrected chi connectivity index (χ3v) is 3.91. The number of aliphatic hydroxyl groups is 1. The number of hydrogen-bond acceptors (Lipinski definition) is 2. The van der Waals surface area contributed by atoms with Crippen molar-refractivity contribution in [2.24, 2.45) is 0 Å². The second-order valence-electron chi connectivity index (χ2n) is 4.78. The van der Waals surface area contributed by atoms with Crippen molar-refractivity contribution >= 4 is 17.5 Å². The van der Waals surface area contributed by atoms with Crippen molar-refractivity contribution in [2.75, 3.05) is 13.2 Å². The predicted molar refractivity (Wildman–Crippen MR) is 71.7 cm³/mol. The number of nitrogens with one attached hydrogen (secondary N) is 1. The van der Waals surface area contributed by atoms with Crippen molar-refractivity contribution in [3.63, 3.8) is 0 Å². The van der Waals surface area contributed by atoms with Gasteiger partial charge >= 0.3 is 0 Å². The van der Waals surface area contributed by atoms with Crippen molar-refractivity contribution in [3.05, 3.63) is 34.9 Å². The first kappa shape index (κ1) is 13.4. The Kier molecular flexibility index (Phi) is 4.25. The van der Waals surface area contributed by atoms with Crippen LogP contribution in [0.25, 0.3) is 0 Å². The lowest BCUT2D eigenvalue weighted by molar-refractivity contribution is -0.129. The summed E-state index contributed by atoms with van der Waals surface area (Å²) < 4.78 is 0. The van der Waals surface area contributed by atoms with E-state index in [4.69, 9.17) is 16.7 Å². The topological polar surface area (TPSA) is 49.3 Å². The van der Waals surface area contributed by atoms with Gasteiger partial charge in [0.2, 0.25) is 5.91 Å². The van der Waals surface area contributed by atoms with Gasteiger partial charge in [0.1, 0.15) is 0 Å². The molecule has 98 valence electrons. The largest absolute Gasteiger partial charge is 0.396 e. The third kappa shape index (κ3) is 2.52. The monoisotopic (exact) mass is 267 g/mol. The molecule has 1 aliphatic carbocycles. The highest BCUT2D eigenvalue weighted by Crippen LogP contribution is 2.44. The van der Waals surface area contributed by atoms with E-state index in [1.54, 1.807) is 0 Å². The second-order valence-corrected chi connectivity index (χ2v) is 5.21. The van der Waals surface area contributed by atoms with E-state index in [2.05, 4.69) is 5.32 Å². The summed E-state index contributed by atoms with van der Waals surface area (Å²) in [6.07, 6.45) is 3.46. The van der Waals surface area contributed by atoms with Crippen LogP contribution >= 0.6 is 11.6 Å². The maximum atomic E-state index is 12.3. The lowest BCUT2D eigenvalue weighted by Crippen LogP contribution is -2.49. The van der Waals surface area contributed by atoms with Gasteiger partial charge in [-0.05, 0) is 37.0 Å². The predicted octanol–water partition coefficient (Wildman–Crippen LogP) is 2.26. The summed E-state index contributed by atoms with van der Waals surface area (Å²) in [5, 5.41) is 12.3. The van der Waals surface area contributed by atoms with Gasteiger partial charge in [-0.15, -0.1) is 0 Å². The van der Waals surface area contributed by atoms with Crippen molar-refractivity contribution in [1.82, 2.24) is 5.32 Å². The van der Waals surface area contributed by atoms with Crippen LogP contribution in [-0.2, 0) is 10.2 Å². The number of hydrogen-bond donors (Lipinski definition) is 2. The van der Waals surface area contributed by atoms with E-state index in [-0.39, 0.29) is 17.9 Å². The molecule has 2 rings (SSSR count). The van der Waals surface area contributed by atoms with Gasteiger partial charge in [-0.2, -0.15) is 0 Å². The molecule has 1 amide bonds. The van der Waals surface area contributed by atoms with Gasteiger partial charge in [-0.3, -0.25) is 4.79 Å².